The van der Waals surface area contributed by atoms with E-state index in [-0.39, 0.29) is 55.3 Å². The molecule has 5 N–H and O–H groups in total. The number of halogens is 2. The molecule has 2 fully saturated rings. The quantitative estimate of drug-likeness (QED) is 0.0662. The fourth-order valence-corrected chi connectivity index (χ4v) is 7.31. The molecule has 5 aromatic rings. The van der Waals surface area contributed by atoms with Crippen molar-refractivity contribution in [2.24, 2.45) is 5.73 Å². The maximum atomic E-state index is 12.0. The van der Waals surface area contributed by atoms with Crippen molar-refractivity contribution in [3.8, 4) is 5.75 Å². The van der Waals surface area contributed by atoms with Crippen LogP contribution in [0.25, 0.3) is 0 Å². The van der Waals surface area contributed by atoms with Crippen LogP contribution < -0.4 is 46.0 Å². The molecule has 2 heterocycles. The molecule has 67 heavy (non-hydrogen) atoms. The molecule has 7 rings (SSSR count). The minimum absolute atomic E-state index is 0. The third-order valence-corrected chi connectivity index (χ3v) is 11.6. The largest absolute Gasteiger partial charge is 0.417 e. The Hall–Kier alpha value is -4.61. The number of nitrogens with two attached hydrogens (primary N) is 1. The fourth-order valence-electron chi connectivity index (χ4n) is 6.78. The molecule has 5 aromatic carbocycles. The second kappa shape index (κ2) is 31.4. The summed E-state index contributed by atoms with van der Waals surface area (Å²) in [5.74, 6) is 0.519. The number of nitrogens with zero attached hydrogens (tertiary/aromatic N) is 4. The first-order valence-electron chi connectivity index (χ1n) is 21.2. The number of para-hydroxylation sites is 1. The van der Waals surface area contributed by atoms with Crippen molar-refractivity contribution in [2.45, 2.75) is 26.7 Å². The van der Waals surface area contributed by atoms with Crippen molar-refractivity contribution in [1.82, 2.24) is 5.32 Å². The number of anilines is 6. The zero-order valence-electron chi connectivity index (χ0n) is 37.9. The van der Waals surface area contributed by atoms with E-state index in [1.54, 1.807) is 33.5 Å². The number of hydrogen-bond donors (Lipinski definition) is 4. The summed E-state index contributed by atoms with van der Waals surface area (Å²) in [6.07, 6.45) is -0.740. The molecule has 14 nitrogen and oxygen atoms in total. The third kappa shape index (κ3) is 19.9. The van der Waals surface area contributed by atoms with E-state index in [0.29, 0.717) is 24.5 Å². The molecule has 18 heteroatoms. The molecule has 2 aliphatic rings. The molecular formula is C49H64BBr2N8O6W. The number of carbonyl (C=O) groups excluding carboxylic acids is 2. The number of methoxy groups -OCH3 is 3. The smallest absolute Gasteiger partial charge is 0.410 e. The van der Waals surface area contributed by atoms with Crippen LogP contribution in [-0.4, -0.2) is 120 Å². The molecule has 0 saturated carbocycles. The summed E-state index contributed by atoms with van der Waals surface area (Å²) in [5.41, 5.74) is 11.5. The predicted octanol–water partition coefficient (Wildman–Crippen LogP) is 9.14. The topological polar surface area (TPSA) is 146 Å². The molecule has 3 radical (unpaired) electrons. The Labute approximate surface area is 430 Å². The molecule has 0 spiro atoms. The Bertz CT molecular complexity index is 2110. The van der Waals surface area contributed by atoms with Crippen molar-refractivity contribution in [3.05, 3.63) is 136 Å². The van der Waals surface area contributed by atoms with Crippen molar-refractivity contribution < 1.29 is 49.6 Å². The van der Waals surface area contributed by atoms with Crippen LogP contribution in [0.1, 0.15) is 14.4 Å². The minimum Gasteiger partial charge on any atom is -0.410 e. The van der Waals surface area contributed by atoms with Crippen LogP contribution in [0, 0.1) is 0 Å². The summed E-state index contributed by atoms with van der Waals surface area (Å²) in [6, 6.07) is 41.6. The van der Waals surface area contributed by atoms with Gasteiger partial charge in [-0.05, 0) is 116 Å². The van der Waals surface area contributed by atoms with Gasteiger partial charge in [0.25, 0.3) is 0 Å². The molecule has 359 valence electrons. The standard InChI is InChI=1S/C23H22BrN3O2.C21H27BrN4O2.C4H11NO2.CH4.B.W/c24-18-6-10-20(11-7-18)26-14-16-27(17-15-26)21-12-8-19(9-13-21)25-23(28)29-22-4-2-1-3-5-22;1-16(28-2)15-23-21(27)24-18-5-9-20(10-6-18)26-13-11-25(12-14-26)19-7-3-17(22)4-8-19;1-6-4(3-5)7-2;;;/h1-13H,14-17H2,(H,25,28);3-10,16H,11-15H2,1-2H3,(H2,23,24,27);4H,3,5H2,1-2H3;1H4;;. The average Bonchev–Trinajstić information content (AvgIpc) is 3.33. The van der Waals surface area contributed by atoms with Gasteiger partial charge in [0.05, 0.1) is 6.10 Å². The average molecular weight is 1220 g/mol. The van der Waals surface area contributed by atoms with Gasteiger partial charge in [-0.15, -0.1) is 0 Å². The normalized spacial score (nSPS) is 13.4. The first kappa shape index (κ1) is 58.5. The first-order valence-corrected chi connectivity index (χ1v) is 22.7. The SMILES string of the molecule is C.COC(C)CNC(=O)Nc1ccc(N2CCN(c3ccc(Br)cc3)CC2)cc1.COC(CN)OC.O=C(Nc1ccc(N2CCN(c3ccc(Br)cc3)CC2)cc1)Oc1ccccc1.[B].[W]. The summed E-state index contributed by atoms with van der Waals surface area (Å²) in [5, 5.41) is 8.40. The molecule has 2 aliphatic heterocycles. The van der Waals surface area contributed by atoms with Crippen molar-refractivity contribution in [3.63, 3.8) is 0 Å². The molecule has 1 unspecified atom stereocenters. The number of rotatable bonds is 13. The first-order chi connectivity index (χ1) is 31.1. The van der Waals surface area contributed by atoms with E-state index in [9.17, 15) is 9.59 Å². The number of ether oxygens (including phenoxy) is 4. The van der Waals surface area contributed by atoms with E-state index in [1.807, 2.05) is 61.5 Å². The molecule has 0 aliphatic carbocycles. The van der Waals surface area contributed by atoms with Crippen LogP contribution in [0.2, 0.25) is 0 Å². The van der Waals surface area contributed by atoms with Gasteiger partial charge in [-0.1, -0.05) is 57.5 Å². The second-order valence-corrected chi connectivity index (χ2v) is 16.7. The molecule has 3 amide bonds. The predicted molar refractivity (Wildman–Crippen MR) is 279 cm³/mol. The monoisotopic (exact) mass is 1210 g/mol. The molecular weight excluding hydrogens is 1150 g/mol. The van der Waals surface area contributed by atoms with E-state index >= 15 is 0 Å². The Kier molecular flexibility index (Phi) is 27.5. The Balaban J connectivity index is 0.000000388. The van der Waals surface area contributed by atoms with E-state index in [4.69, 9.17) is 24.7 Å². The van der Waals surface area contributed by atoms with E-state index in [0.717, 1.165) is 72.7 Å². The van der Waals surface area contributed by atoms with Gasteiger partial charge in [-0.2, -0.15) is 0 Å². The van der Waals surface area contributed by atoms with Crippen LogP contribution in [0.3, 0.4) is 0 Å². The Morgan fingerprint density at radius 2 is 0.940 bits per heavy atom. The molecule has 1 atom stereocenters. The van der Waals surface area contributed by atoms with E-state index in [1.165, 1.54) is 17.1 Å². The number of carbonyl (C=O) groups is 2. The van der Waals surface area contributed by atoms with Gasteiger partial charge in [-0.25, -0.2) is 9.59 Å². The number of amides is 3. The van der Waals surface area contributed by atoms with Gasteiger partial charge in [0.15, 0.2) is 6.29 Å². The zero-order chi connectivity index (χ0) is 45.7. The second-order valence-electron chi connectivity index (χ2n) is 14.8. The summed E-state index contributed by atoms with van der Waals surface area (Å²) in [4.78, 5) is 33.5. The number of nitrogens with one attached hydrogen (secondary N) is 3. The van der Waals surface area contributed by atoms with Crippen LogP contribution in [0.4, 0.5) is 43.7 Å². The molecule has 2 saturated heterocycles. The number of hydrogen-bond acceptors (Lipinski definition) is 11. The van der Waals surface area contributed by atoms with Crippen LogP contribution >= 0.6 is 31.9 Å². The van der Waals surface area contributed by atoms with Crippen LogP contribution in [-0.2, 0) is 35.3 Å². The number of benzene rings is 5. The number of piperazine rings is 2. The summed E-state index contributed by atoms with van der Waals surface area (Å²) in [6.45, 7) is 10.6. The molecule has 0 aromatic heterocycles. The van der Waals surface area contributed by atoms with Gasteiger partial charge in [0.2, 0.25) is 0 Å². The van der Waals surface area contributed by atoms with Crippen LogP contribution in [0.5, 0.6) is 5.75 Å². The Morgan fingerprint density at radius 3 is 1.27 bits per heavy atom. The van der Waals surface area contributed by atoms with Crippen molar-refractivity contribution in [2.75, 3.05) is 117 Å². The number of urea groups is 1. The van der Waals surface area contributed by atoms with E-state index in [2.05, 4.69) is 128 Å². The van der Waals surface area contributed by atoms with Crippen molar-refractivity contribution >= 4 is 86.5 Å². The van der Waals surface area contributed by atoms with Gasteiger partial charge in [-0.3, -0.25) is 5.32 Å². The maximum absolute atomic E-state index is 12.0. The minimum atomic E-state index is -0.493. The Morgan fingerprint density at radius 1 is 0.582 bits per heavy atom. The maximum Gasteiger partial charge on any atom is 0.417 e. The van der Waals surface area contributed by atoms with Gasteiger partial charge in [0, 0.05) is 159 Å². The summed E-state index contributed by atoms with van der Waals surface area (Å²) >= 11 is 6.97. The zero-order valence-corrected chi connectivity index (χ0v) is 44.0. The fraction of sp³-hybridized carbons (Fsp3) is 0.347. The van der Waals surface area contributed by atoms with Crippen molar-refractivity contribution in [1.29, 1.82) is 0 Å². The van der Waals surface area contributed by atoms with E-state index < -0.39 is 6.09 Å². The van der Waals surface area contributed by atoms with Gasteiger partial charge >= 0.3 is 12.1 Å². The summed E-state index contributed by atoms with van der Waals surface area (Å²) < 4.78 is 22.0. The third-order valence-electron chi connectivity index (χ3n) is 10.5. The van der Waals surface area contributed by atoms with Gasteiger partial charge in [0.1, 0.15) is 5.75 Å². The molecule has 0 bridgehead atoms. The van der Waals surface area contributed by atoms with Gasteiger partial charge < -0.3 is 54.9 Å². The summed E-state index contributed by atoms with van der Waals surface area (Å²) in [7, 11) is 4.74. The van der Waals surface area contributed by atoms with Crippen LogP contribution in [0.15, 0.2) is 136 Å².